The molecular weight excluding hydrogens is 440 g/mol. The van der Waals surface area contributed by atoms with Crippen molar-refractivity contribution in [2.24, 2.45) is 0 Å². The van der Waals surface area contributed by atoms with Crippen molar-refractivity contribution < 1.29 is 54.7 Å². The van der Waals surface area contributed by atoms with Crippen molar-refractivity contribution >= 4 is 0 Å². The van der Waals surface area contributed by atoms with E-state index in [1.54, 1.807) is 24.3 Å². The van der Waals surface area contributed by atoms with Crippen LogP contribution >= 0.6 is 0 Å². The van der Waals surface area contributed by atoms with Gasteiger partial charge in [-0.1, -0.05) is 30.3 Å². The van der Waals surface area contributed by atoms with Gasteiger partial charge >= 0.3 is 0 Å². The molecule has 2 saturated heterocycles. The first-order valence-corrected chi connectivity index (χ1v) is 10.3. The molecule has 0 unspecified atom stereocenters. The van der Waals surface area contributed by atoms with Gasteiger partial charge in [-0.3, -0.25) is 0 Å². The quantitative estimate of drug-likeness (QED) is 0.206. The molecule has 2 aromatic rings. The third-order valence-electron chi connectivity index (χ3n) is 5.79. The molecule has 2 aliphatic heterocycles. The van der Waals surface area contributed by atoms with Gasteiger partial charge in [0, 0.05) is 6.07 Å². The van der Waals surface area contributed by atoms with Gasteiger partial charge in [-0.05, 0) is 5.56 Å². The number of aromatic hydroxyl groups is 2. The topological polar surface area (TPSA) is 182 Å². The largest absolute Gasteiger partial charge is 0.507 e. The van der Waals surface area contributed by atoms with Crippen LogP contribution in [0.2, 0.25) is 0 Å². The van der Waals surface area contributed by atoms with E-state index in [-0.39, 0.29) is 22.8 Å². The SMILES string of the molecule is COc1c(O)c(O[C@@H]2O[C@H](CO)[C@@H](O)[C@H](O)[C@H]2O)cc(O)c1[C@@H]1O[C@H]1[C@@H](O)c1ccccc1. The molecule has 0 aliphatic carbocycles. The van der Waals surface area contributed by atoms with Gasteiger partial charge in [0.15, 0.2) is 11.5 Å². The monoisotopic (exact) mass is 466 g/mol. The van der Waals surface area contributed by atoms with Crippen LogP contribution in [-0.2, 0) is 9.47 Å². The second-order valence-corrected chi connectivity index (χ2v) is 7.88. The number of hydrogen-bond donors (Lipinski definition) is 7. The summed E-state index contributed by atoms with van der Waals surface area (Å²) in [5, 5.41) is 71.2. The van der Waals surface area contributed by atoms with Crippen molar-refractivity contribution in [3.05, 3.63) is 47.5 Å². The van der Waals surface area contributed by atoms with Crippen LogP contribution in [0, 0.1) is 0 Å². The predicted octanol–water partition coefficient (Wildman–Crippen LogP) is -0.541. The van der Waals surface area contributed by atoms with Crippen LogP contribution in [0.25, 0.3) is 0 Å². The summed E-state index contributed by atoms with van der Waals surface area (Å²) in [6.07, 6.45) is -10.2. The van der Waals surface area contributed by atoms with Crippen molar-refractivity contribution in [3.8, 4) is 23.0 Å². The molecule has 7 N–H and O–H groups in total. The molecule has 180 valence electrons. The van der Waals surface area contributed by atoms with Gasteiger partial charge in [-0.15, -0.1) is 0 Å². The Morgan fingerprint density at radius 3 is 2.33 bits per heavy atom. The first kappa shape index (κ1) is 23.5. The molecule has 0 amide bonds. The van der Waals surface area contributed by atoms with Crippen molar-refractivity contribution in [1.82, 2.24) is 0 Å². The molecule has 0 radical (unpaired) electrons. The molecule has 0 spiro atoms. The number of benzene rings is 2. The number of aliphatic hydroxyl groups is 5. The van der Waals surface area contributed by atoms with Crippen LogP contribution < -0.4 is 9.47 Å². The molecule has 8 atom stereocenters. The molecule has 2 aromatic carbocycles. The number of hydrogen-bond acceptors (Lipinski definition) is 11. The van der Waals surface area contributed by atoms with Gasteiger partial charge in [0.1, 0.15) is 48.5 Å². The maximum Gasteiger partial charge on any atom is 0.229 e. The van der Waals surface area contributed by atoms with Crippen molar-refractivity contribution in [3.63, 3.8) is 0 Å². The highest BCUT2D eigenvalue weighted by molar-refractivity contribution is 5.62. The molecule has 33 heavy (non-hydrogen) atoms. The fourth-order valence-electron chi connectivity index (χ4n) is 3.92. The van der Waals surface area contributed by atoms with Gasteiger partial charge in [0.2, 0.25) is 12.0 Å². The number of methoxy groups -OCH3 is 1. The lowest BCUT2D eigenvalue weighted by molar-refractivity contribution is -0.277. The zero-order valence-corrected chi connectivity index (χ0v) is 17.6. The zero-order chi connectivity index (χ0) is 23.9. The number of aliphatic hydroxyl groups excluding tert-OH is 5. The third kappa shape index (κ3) is 4.32. The number of rotatable bonds is 7. The van der Waals surface area contributed by atoms with Gasteiger partial charge in [-0.2, -0.15) is 0 Å². The first-order chi connectivity index (χ1) is 15.8. The molecule has 0 saturated carbocycles. The lowest BCUT2D eigenvalue weighted by Gasteiger charge is -2.39. The van der Waals surface area contributed by atoms with E-state index in [1.807, 2.05) is 6.07 Å². The number of ether oxygens (including phenoxy) is 4. The summed E-state index contributed by atoms with van der Waals surface area (Å²) >= 11 is 0. The standard InChI is InChI=1S/C22H26O11/c1-30-19-13(20-21(33-20)14(25)9-5-3-2-4-6-9)10(24)7-11(16(19)27)31-22-18(29)17(28)15(26)12(8-23)32-22/h2-7,12,14-15,17-18,20-29H,8H2,1H3/t12-,14+,15-,17+,18-,20+,21+,22-/m1/s1. The molecule has 11 heteroatoms. The van der Waals surface area contributed by atoms with Crippen LogP contribution in [0.4, 0.5) is 0 Å². The second-order valence-electron chi connectivity index (χ2n) is 7.88. The average molecular weight is 466 g/mol. The Morgan fingerprint density at radius 2 is 1.70 bits per heavy atom. The van der Waals surface area contributed by atoms with Crippen LogP contribution in [-0.4, -0.2) is 86.3 Å². The average Bonchev–Trinajstić information content (AvgIpc) is 3.61. The van der Waals surface area contributed by atoms with E-state index in [0.717, 1.165) is 6.07 Å². The lowest BCUT2D eigenvalue weighted by atomic mass is 9.99. The van der Waals surface area contributed by atoms with E-state index in [1.165, 1.54) is 7.11 Å². The summed E-state index contributed by atoms with van der Waals surface area (Å²) in [6, 6.07) is 9.85. The Hall–Kier alpha value is -2.64. The Kier molecular flexibility index (Phi) is 6.64. The maximum absolute atomic E-state index is 10.7. The first-order valence-electron chi connectivity index (χ1n) is 10.3. The van der Waals surface area contributed by atoms with E-state index in [2.05, 4.69) is 0 Å². The Labute approximate surface area is 188 Å². The van der Waals surface area contributed by atoms with E-state index in [0.29, 0.717) is 5.56 Å². The normalized spacial score (nSPS) is 32.2. The van der Waals surface area contributed by atoms with Crippen molar-refractivity contribution in [1.29, 1.82) is 0 Å². The summed E-state index contributed by atoms with van der Waals surface area (Å²) < 4.78 is 21.5. The number of epoxide rings is 1. The van der Waals surface area contributed by atoms with Gasteiger partial charge in [0.25, 0.3) is 0 Å². The van der Waals surface area contributed by atoms with Crippen LogP contribution in [0.1, 0.15) is 23.3 Å². The fraction of sp³-hybridized carbons (Fsp3) is 0.455. The fourth-order valence-corrected chi connectivity index (χ4v) is 3.92. The number of phenols is 2. The summed E-state index contributed by atoms with van der Waals surface area (Å²) in [5.74, 6) is -1.46. The molecule has 11 nitrogen and oxygen atoms in total. The van der Waals surface area contributed by atoms with E-state index in [9.17, 15) is 35.7 Å². The van der Waals surface area contributed by atoms with E-state index in [4.69, 9.17) is 18.9 Å². The summed E-state index contributed by atoms with van der Waals surface area (Å²) in [7, 11) is 1.25. The summed E-state index contributed by atoms with van der Waals surface area (Å²) in [6.45, 7) is -0.658. The zero-order valence-electron chi connectivity index (χ0n) is 17.6. The van der Waals surface area contributed by atoms with Crippen molar-refractivity contribution in [2.45, 2.75) is 49.0 Å². The molecular formula is C22H26O11. The highest BCUT2D eigenvalue weighted by Crippen LogP contribution is 2.56. The maximum atomic E-state index is 10.7. The lowest BCUT2D eigenvalue weighted by Crippen LogP contribution is -2.60. The van der Waals surface area contributed by atoms with Crippen LogP contribution in [0.5, 0.6) is 23.0 Å². The van der Waals surface area contributed by atoms with Gasteiger partial charge < -0.3 is 54.7 Å². The molecule has 0 bridgehead atoms. The summed E-state index contributed by atoms with van der Waals surface area (Å²) in [5.41, 5.74) is 0.714. The number of phenolic OH excluding ortho intramolecular Hbond substituents is 2. The molecule has 0 aromatic heterocycles. The van der Waals surface area contributed by atoms with Gasteiger partial charge in [0.05, 0.1) is 19.3 Å². The van der Waals surface area contributed by atoms with Gasteiger partial charge in [-0.25, -0.2) is 0 Å². The smallest absolute Gasteiger partial charge is 0.229 e. The predicted molar refractivity (Wildman–Crippen MR) is 110 cm³/mol. The highest BCUT2D eigenvalue weighted by atomic mass is 16.7. The highest BCUT2D eigenvalue weighted by Gasteiger charge is 2.50. The minimum absolute atomic E-state index is 0.0936. The van der Waals surface area contributed by atoms with E-state index >= 15 is 0 Å². The van der Waals surface area contributed by atoms with Crippen molar-refractivity contribution in [2.75, 3.05) is 13.7 Å². The Morgan fingerprint density at radius 1 is 1.00 bits per heavy atom. The molecule has 2 aliphatic rings. The Bertz CT molecular complexity index is 967. The summed E-state index contributed by atoms with van der Waals surface area (Å²) in [4.78, 5) is 0. The van der Waals surface area contributed by atoms with E-state index < -0.39 is 61.4 Å². The second kappa shape index (κ2) is 9.31. The van der Waals surface area contributed by atoms with Crippen LogP contribution in [0.15, 0.2) is 36.4 Å². The molecule has 2 fully saturated rings. The van der Waals surface area contributed by atoms with Crippen LogP contribution in [0.3, 0.4) is 0 Å². The third-order valence-corrected chi connectivity index (χ3v) is 5.79. The minimum Gasteiger partial charge on any atom is -0.507 e. The minimum atomic E-state index is -1.72. The Balaban J connectivity index is 1.58. The molecule has 2 heterocycles. The molecule has 4 rings (SSSR count).